The van der Waals surface area contributed by atoms with Crippen LogP contribution in [0.5, 0.6) is 0 Å². The summed E-state index contributed by atoms with van der Waals surface area (Å²) in [6.45, 7) is 4.17. The van der Waals surface area contributed by atoms with Gasteiger partial charge in [0, 0.05) is 12.1 Å². The lowest BCUT2D eigenvalue weighted by Gasteiger charge is -2.02. The van der Waals surface area contributed by atoms with Crippen LogP contribution in [-0.4, -0.2) is 18.2 Å². The number of fused-ring (bicyclic) bond motifs is 1. The minimum absolute atomic E-state index is 0.168. The molecule has 1 aliphatic rings. The van der Waals surface area contributed by atoms with Gasteiger partial charge in [0.05, 0.1) is 5.57 Å². The summed E-state index contributed by atoms with van der Waals surface area (Å²) in [5.74, 6) is -0.444. The van der Waals surface area contributed by atoms with Gasteiger partial charge in [-0.05, 0) is 25.0 Å². The molecule has 0 saturated carbocycles. The van der Waals surface area contributed by atoms with Gasteiger partial charge >= 0.3 is 0 Å². The summed E-state index contributed by atoms with van der Waals surface area (Å²) in [5, 5.41) is 2.67. The van der Waals surface area contributed by atoms with Crippen LogP contribution in [0, 0.1) is 0 Å². The minimum atomic E-state index is -0.277. The van der Waals surface area contributed by atoms with Crippen molar-refractivity contribution in [3.8, 4) is 0 Å². The van der Waals surface area contributed by atoms with E-state index in [0.717, 1.165) is 11.1 Å². The van der Waals surface area contributed by atoms with E-state index in [1.54, 1.807) is 6.07 Å². The SMILES string of the molecule is CCNC(=O)C1=C(C)c2ccccc2C1=O. The molecule has 2 rings (SSSR count). The summed E-state index contributed by atoms with van der Waals surface area (Å²) in [6, 6.07) is 7.31. The molecule has 1 amide bonds. The van der Waals surface area contributed by atoms with Crippen LogP contribution in [0.15, 0.2) is 29.8 Å². The number of likely N-dealkylation sites (N-methyl/N-ethyl adjacent to an activating group) is 1. The van der Waals surface area contributed by atoms with Crippen molar-refractivity contribution in [3.05, 3.63) is 41.0 Å². The molecule has 0 fully saturated rings. The Kier molecular flexibility index (Phi) is 2.60. The fourth-order valence-corrected chi connectivity index (χ4v) is 1.97. The Hall–Kier alpha value is -1.90. The maximum absolute atomic E-state index is 12.0. The van der Waals surface area contributed by atoms with Crippen molar-refractivity contribution in [3.63, 3.8) is 0 Å². The van der Waals surface area contributed by atoms with Crippen LogP contribution in [0.4, 0.5) is 0 Å². The number of rotatable bonds is 2. The normalized spacial score (nSPS) is 14.0. The molecule has 1 aromatic carbocycles. The van der Waals surface area contributed by atoms with Crippen LogP contribution in [0.25, 0.3) is 5.57 Å². The highest BCUT2D eigenvalue weighted by Gasteiger charge is 2.30. The number of benzene rings is 1. The molecule has 3 heteroatoms. The van der Waals surface area contributed by atoms with Gasteiger partial charge in [0.2, 0.25) is 0 Å². The van der Waals surface area contributed by atoms with Gasteiger partial charge in [-0.2, -0.15) is 0 Å². The van der Waals surface area contributed by atoms with Crippen molar-refractivity contribution in [1.82, 2.24) is 5.32 Å². The second kappa shape index (κ2) is 3.93. The van der Waals surface area contributed by atoms with Crippen molar-refractivity contribution in [2.75, 3.05) is 6.54 Å². The molecule has 1 aliphatic carbocycles. The van der Waals surface area contributed by atoms with E-state index >= 15 is 0 Å². The Morgan fingerprint density at radius 3 is 2.44 bits per heavy atom. The summed E-state index contributed by atoms with van der Waals surface area (Å²) in [7, 11) is 0. The molecule has 0 aromatic heterocycles. The molecule has 0 atom stereocenters. The second-order valence-electron chi connectivity index (χ2n) is 3.73. The van der Waals surface area contributed by atoms with Gasteiger partial charge < -0.3 is 5.32 Å². The first kappa shape index (κ1) is 10.6. The second-order valence-corrected chi connectivity index (χ2v) is 3.73. The molecule has 0 radical (unpaired) electrons. The molecule has 1 N–H and O–H groups in total. The van der Waals surface area contributed by atoms with E-state index in [1.807, 2.05) is 32.0 Å². The molecular weight excluding hydrogens is 202 g/mol. The van der Waals surface area contributed by atoms with Crippen molar-refractivity contribution in [2.45, 2.75) is 13.8 Å². The maximum Gasteiger partial charge on any atom is 0.255 e. The molecule has 1 aromatic rings. The number of ketones is 1. The zero-order valence-electron chi connectivity index (χ0n) is 9.33. The van der Waals surface area contributed by atoms with Gasteiger partial charge in [-0.25, -0.2) is 0 Å². The first-order chi connectivity index (χ1) is 7.66. The van der Waals surface area contributed by atoms with E-state index in [0.29, 0.717) is 12.1 Å². The molecular formula is C13H13NO2. The van der Waals surface area contributed by atoms with Gasteiger partial charge in [-0.1, -0.05) is 24.3 Å². The van der Waals surface area contributed by atoms with Crippen LogP contribution in [0.1, 0.15) is 29.8 Å². The highest BCUT2D eigenvalue weighted by molar-refractivity contribution is 6.34. The quantitative estimate of drug-likeness (QED) is 0.764. The average Bonchev–Trinajstić information content (AvgIpc) is 2.53. The lowest BCUT2D eigenvalue weighted by atomic mass is 10.1. The van der Waals surface area contributed by atoms with Crippen molar-refractivity contribution in [1.29, 1.82) is 0 Å². The molecule has 0 saturated heterocycles. The highest BCUT2D eigenvalue weighted by Crippen LogP contribution is 2.32. The summed E-state index contributed by atoms with van der Waals surface area (Å²) in [4.78, 5) is 23.7. The van der Waals surface area contributed by atoms with E-state index in [9.17, 15) is 9.59 Å². The molecule has 0 spiro atoms. The first-order valence-electron chi connectivity index (χ1n) is 5.30. The standard InChI is InChI=1S/C13H13NO2/c1-3-14-13(16)11-8(2)9-6-4-5-7-10(9)12(11)15/h4-7H,3H2,1-2H3,(H,14,16). The van der Waals surface area contributed by atoms with E-state index in [2.05, 4.69) is 5.32 Å². The molecule has 82 valence electrons. The van der Waals surface area contributed by atoms with Gasteiger partial charge in [0.15, 0.2) is 5.78 Å². The number of amides is 1. The predicted octanol–water partition coefficient (Wildman–Crippen LogP) is 1.79. The van der Waals surface area contributed by atoms with Crippen molar-refractivity contribution < 1.29 is 9.59 Å². The first-order valence-corrected chi connectivity index (χ1v) is 5.30. The lowest BCUT2D eigenvalue weighted by molar-refractivity contribution is -0.117. The number of nitrogens with one attached hydrogen (secondary N) is 1. The van der Waals surface area contributed by atoms with Gasteiger partial charge in [0.1, 0.15) is 0 Å². The fraction of sp³-hybridized carbons (Fsp3) is 0.231. The summed E-state index contributed by atoms with van der Waals surface area (Å²) >= 11 is 0. The number of hydrogen-bond acceptors (Lipinski definition) is 2. The monoisotopic (exact) mass is 215 g/mol. The third-order valence-corrected chi connectivity index (χ3v) is 2.74. The van der Waals surface area contributed by atoms with Gasteiger partial charge in [-0.15, -0.1) is 0 Å². The molecule has 16 heavy (non-hydrogen) atoms. The van der Waals surface area contributed by atoms with Gasteiger partial charge in [-0.3, -0.25) is 9.59 Å². The summed E-state index contributed by atoms with van der Waals surface area (Å²) in [6.07, 6.45) is 0. The van der Waals surface area contributed by atoms with Crippen LogP contribution < -0.4 is 5.32 Å². The van der Waals surface area contributed by atoms with Crippen LogP contribution >= 0.6 is 0 Å². The van der Waals surface area contributed by atoms with E-state index in [-0.39, 0.29) is 17.3 Å². The van der Waals surface area contributed by atoms with E-state index in [4.69, 9.17) is 0 Å². The number of carbonyl (C=O) groups is 2. The number of allylic oxidation sites excluding steroid dienone is 1. The third kappa shape index (κ3) is 1.45. The number of Topliss-reactive ketones (excluding diaryl/α,β-unsaturated/α-hetero) is 1. The minimum Gasteiger partial charge on any atom is -0.352 e. The Bertz CT molecular complexity index is 500. The Balaban J connectivity index is 2.48. The lowest BCUT2D eigenvalue weighted by Crippen LogP contribution is -2.27. The third-order valence-electron chi connectivity index (χ3n) is 2.74. The zero-order valence-corrected chi connectivity index (χ0v) is 9.33. The molecule has 3 nitrogen and oxygen atoms in total. The van der Waals surface area contributed by atoms with Crippen LogP contribution in [0.2, 0.25) is 0 Å². The molecule has 0 aliphatic heterocycles. The molecule has 0 bridgehead atoms. The summed E-state index contributed by atoms with van der Waals surface area (Å²) < 4.78 is 0. The largest absolute Gasteiger partial charge is 0.352 e. The Morgan fingerprint density at radius 2 is 1.88 bits per heavy atom. The fourth-order valence-electron chi connectivity index (χ4n) is 1.97. The number of hydrogen-bond donors (Lipinski definition) is 1. The highest BCUT2D eigenvalue weighted by atomic mass is 16.2. The smallest absolute Gasteiger partial charge is 0.255 e. The van der Waals surface area contributed by atoms with Gasteiger partial charge in [0.25, 0.3) is 5.91 Å². The summed E-state index contributed by atoms with van der Waals surface area (Å²) in [5.41, 5.74) is 2.55. The Morgan fingerprint density at radius 1 is 1.25 bits per heavy atom. The predicted molar refractivity (Wildman–Crippen MR) is 62.1 cm³/mol. The van der Waals surface area contributed by atoms with Crippen LogP contribution in [-0.2, 0) is 4.79 Å². The maximum atomic E-state index is 12.0. The van der Waals surface area contributed by atoms with E-state index in [1.165, 1.54) is 0 Å². The zero-order chi connectivity index (χ0) is 11.7. The van der Waals surface area contributed by atoms with Crippen molar-refractivity contribution in [2.24, 2.45) is 0 Å². The molecule has 0 unspecified atom stereocenters. The average molecular weight is 215 g/mol. The molecule has 0 heterocycles. The van der Waals surface area contributed by atoms with E-state index < -0.39 is 0 Å². The topological polar surface area (TPSA) is 46.2 Å². The number of carbonyl (C=O) groups excluding carboxylic acids is 2. The Labute approximate surface area is 94.2 Å². The van der Waals surface area contributed by atoms with Crippen LogP contribution in [0.3, 0.4) is 0 Å². The van der Waals surface area contributed by atoms with Crippen molar-refractivity contribution >= 4 is 17.3 Å².